The van der Waals surface area contributed by atoms with E-state index in [1.165, 1.54) is 12.1 Å². The first-order valence-corrected chi connectivity index (χ1v) is 6.97. The molecule has 0 radical (unpaired) electrons. The Balaban J connectivity index is 2.03. The summed E-state index contributed by atoms with van der Waals surface area (Å²) in [4.78, 5) is 29.7. The maximum Gasteiger partial charge on any atom is 0.281 e. The van der Waals surface area contributed by atoms with E-state index in [9.17, 15) is 14.7 Å². The van der Waals surface area contributed by atoms with E-state index in [1.54, 1.807) is 42.5 Å². The van der Waals surface area contributed by atoms with Crippen LogP contribution in [0.4, 0.5) is 11.4 Å². The molecule has 22 heavy (non-hydrogen) atoms. The van der Waals surface area contributed by atoms with Crippen molar-refractivity contribution in [1.29, 1.82) is 0 Å². The molecule has 1 aliphatic rings. The lowest BCUT2D eigenvalue weighted by molar-refractivity contribution is -0.120. The van der Waals surface area contributed by atoms with Gasteiger partial charge in [-0.15, -0.1) is 11.6 Å². The Morgan fingerprint density at radius 3 is 2.32 bits per heavy atom. The fourth-order valence-electron chi connectivity index (χ4n) is 2.17. The molecule has 1 fully saturated rings. The van der Waals surface area contributed by atoms with Crippen molar-refractivity contribution in [2.45, 2.75) is 5.38 Å². The molecule has 0 bridgehead atoms. The molecule has 3 rings (SSSR count). The molecule has 1 unspecified atom stereocenters. The number of anilines is 1. The van der Waals surface area contributed by atoms with Crippen LogP contribution in [0.25, 0.3) is 0 Å². The predicted octanol–water partition coefficient (Wildman–Crippen LogP) is 2.65. The summed E-state index contributed by atoms with van der Waals surface area (Å²) < 4.78 is 0. The van der Waals surface area contributed by atoms with Gasteiger partial charge >= 0.3 is 0 Å². The molecule has 5 nitrogen and oxygen atoms in total. The van der Waals surface area contributed by atoms with Crippen molar-refractivity contribution in [3.63, 3.8) is 0 Å². The molecule has 2 amide bonds. The minimum absolute atomic E-state index is 0.0859. The minimum atomic E-state index is -1.17. The molecular weight excluding hydrogens is 304 g/mol. The van der Waals surface area contributed by atoms with Gasteiger partial charge in [-0.1, -0.05) is 30.3 Å². The summed E-state index contributed by atoms with van der Waals surface area (Å²) >= 11 is 6.05. The van der Waals surface area contributed by atoms with Gasteiger partial charge in [0.05, 0.1) is 5.69 Å². The fourth-order valence-corrected chi connectivity index (χ4v) is 2.41. The third-order valence-electron chi connectivity index (χ3n) is 3.24. The maximum absolute atomic E-state index is 12.5. The van der Waals surface area contributed by atoms with Crippen molar-refractivity contribution in [2.24, 2.45) is 4.99 Å². The average molecular weight is 315 g/mol. The topological polar surface area (TPSA) is 70.0 Å². The largest absolute Gasteiger partial charge is 0.506 e. The Morgan fingerprint density at radius 1 is 1.00 bits per heavy atom. The SMILES string of the molecule is O=C1C(=Nc2ccccc2O)C(Cl)C(=O)N1c1ccccc1. The number of carbonyl (C=O) groups is 2. The number of amides is 2. The number of phenolic OH excluding ortho intramolecular Hbond substituents is 1. The minimum Gasteiger partial charge on any atom is -0.506 e. The Labute approximate surface area is 131 Å². The molecule has 0 aliphatic carbocycles. The quantitative estimate of drug-likeness (QED) is 0.684. The lowest BCUT2D eigenvalue weighted by atomic mass is 10.2. The van der Waals surface area contributed by atoms with Crippen LogP contribution in [0, 0.1) is 0 Å². The summed E-state index contributed by atoms with van der Waals surface area (Å²) in [6, 6.07) is 14.8. The summed E-state index contributed by atoms with van der Waals surface area (Å²) in [6.07, 6.45) is 0. The highest BCUT2D eigenvalue weighted by molar-refractivity contribution is 6.68. The molecule has 2 aromatic rings. The zero-order chi connectivity index (χ0) is 15.7. The number of rotatable bonds is 2. The highest BCUT2D eigenvalue weighted by Gasteiger charge is 2.44. The zero-order valence-electron chi connectivity index (χ0n) is 11.3. The first-order valence-electron chi connectivity index (χ1n) is 6.53. The number of alkyl halides is 1. The van der Waals surface area contributed by atoms with Gasteiger partial charge in [-0.3, -0.25) is 9.59 Å². The van der Waals surface area contributed by atoms with Crippen LogP contribution < -0.4 is 4.90 Å². The van der Waals surface area contributed by atoms with Crippen molar-refractivity contribution in [3.05, 3.63) is 54.6 Å². The number of imide groups is 1. The molecule has 110 valence electrons. The number of phenols is 1. The fraction of sp³-hybridized carbons (Fsp3) is 0.0625. The van der Waals surface area contributed by atoms with Gasteiger partial charge in [0, 0.05) is 0 Å². The van der Waals surface area contributed by atoms with Crippen molar-refractivity contribution in [3.8, 4) is 5.75 Å². The van der Waals surface area contributed by atoms with Crippen molar-refractivity contribution in [2.75, 3.05) is 4.90 Å². The summed E-state index contributed by atoms with van der Waals surface area (Å²) in [5.74, 6) is -1.22. The molecule has 0 spiro atoms. The molecule has 1 N–H and O–H groups in total. The van der Waals surface area contributed by atoms with Gasteiger partial charge < -0.3 is 5.11 Å². The molecular formula is C16H11ClN2O3. The Hall–Kier alpha value is -2.66. The number of para-hydroxylation sites is 3. The van der Waals surface area contributed by atoms with Crippen LogP contribution in [0.2, 0.25) is 0 Å². The lowest BCUT2D eigenvalue weighted by Gasteiger charge is -2.12. The molecule has 1 heterocycles. The number of hydrogen-bond acceptors (Lipinski definition) is 4. The standard InChI is InChI=1S/C16H11ClN2O3/c17-13-14(18-11-8-4-5-9-12(11)20)16(22)19(15(13)21)10-6-2-1-3-7-10/h1-9,13,20H. The predicted molar refractivity (Wildman–Crippen MR) is 83.8 cm³/mol. The Bertz CT molecular complexity index is 774. The Kier molecular flexibility index (Phi) is 3.65. The molecule has 2 aromatic carbocycles. The summed E-state index contributed by atoms with van der Waals surface area (Å²) in [7, 11) is 0. The molecule has 6 heteroatoms. The Morgan fingerprint density at radius 2 is 1.64 bits per heavy atom. The molecule has 1 atom stereocenters. The van der Waals surface area contributed by atoms with Crippen LogP contribution in [-0.4, -0.2) is 28.0 Å². The van der Waals surface area contributed by atoms with Gasteiger partial charge in [0.2, 0.25) is 0 Å². The number of aromatic hydroxyl groups is 1. The number of halogens is 1. The zero-order valence-corrected chi connectivity index (χ0v) is 12.1. The van der Waals surface area contributed by atoms with E-state index in [0.717, 1.165) is 4.90 Å². The molecule has 0 saturated carbocycles. The van der Waals surface area contributed by atoms with Crippen molar-refractivity contribution >= 4 is 40.5 Å². The first kappa shape index (κ1) is 14.3. The van der Waals surface area contributed by atoms with E-state index in [4.69, 9.17) is 11.6 Å². The van der Waals surface area contributed by atoms with Gasteiger partial charge in [0.15, 0.2) is 5.38 Å². The third-order valence-corrected chi connectivity index (χ3v) is 3.63. The highest BCUT2D eigenvalue weighted by Crippen LogP contribution is 2.29. The van der Waals surface area contributed by atoms with E-state index in [2.05, 4.69) is 4.99 Å². The van der Waals surface area contributed by atoms with Gasteiger partial charge in [-0.25, -0.2) is 9.89 Å². The summed E-state index contributed by atoms with van der Waals surface area (Å²) in [5.41, 5.74) is 0.530. The summed E-state index contributed by atoms with van der Waals surface area (Å²) in [6.45, 7) is 0. The highest BCUT2D eigenvalue weighted by atomic mass is 35.5. The van der Waals surface area contributed by atoms with E-state index in [-0.39, 0.29) is 17.1 Å². The molecule has 1 saturated heterocycles. The van der Waals surface area contributed by atoms with E-state index >= 15 is 0 Å². The summed E-state index contributed by atoms with van der Waals surface area (Å²) in [5, 5.41) is 8.56. The van der Waals surface area contributed by atoms with E-state index in [0.29, 0.717) is 5.69 Å². The van der Waals surface area contributed by atoms with Crippen LogP contribution in [0.15, 0.2) is 59.6 Å². The molecule has 0 aromatic heterocycles. The second-order valence-electron chi connectivity index (χ2n) is 4.66. The van der Waals surface area contributed by atoms with Gasteiger partial charge in [-0.2, -0.15) is 0 Å². The number of hydrogen-bond donors (Lipinski definition) is 1. The van der Waals surface area contributed by atoms with Crippen LogP contribution in [0.5, 0.6) is 5.75 Å². The van der Waals surface area contributed by atoms with Crippen molar-refractivity contribution in [1.82, 2.24) is 0 Å². The van der Waals surface area contributed by atoms with Gasteiger partial charge in [0.1, 0.15) is 17.1 Å². The maximum atomic E-state index is 12.5. The van der Waals surface area contributed by atoms with Gasteiger partial charge in [-0.05, 0) is 24.3 Å². The lowest BCUT2D eigenvalue weighted by Crippen LogP contribution is -2.31. The van der Waals surface area contributed by atoms with Crippen LogP contribution in [0.1, 0.15) is 0 Å². The second-order valence-corrected chi connectivity index (χ2v) is 5.10. The normalized spacial score (nSPS) is 20.0. The van der Waals surface area contributed by atoms with E-state index < -0.39 is 17.2 Å². The first-order chi connectivity index (χ1) is 10.6. The number of nitrogens with zero attached hydrogens (tertiary/aromatic N) is 2. The monoisotopic (exact) mass is 314 g/mol. The third kappa shape index (κ3) is 2.35. The van der Waals surface area contributed by atoms with Crippen LogP contribution in [-0.2, 0) is 9.59 Å². The smallest absolute Gasteiger partial charge is 0.281 e. The number of benzene rings is 2. The van der Waals surface area contributed by atoms with Crippen LogP contribution in [0.3, 0.4) is 0 Å². The van der Waals surface area contributed by atoms with E-state index in [1.807, 2.05) is 0 Å². The van der Waals surface area contributed by atoms with Crippen LogP contribution >= 0.6 is 11.6 Å². The van der Waals surface area contributed by atoms with Crippen molar-refractivity contribution < 1.29 is 14.7 Å². The average Bonchev–Trinajstić information content (AvgIpc) is 2.74. The molecule has 1 aliphatic heterocycles. The second kappa shape index (κ2) is 5.61. The number of carbonyl (C=O) groups excluding carboxylic acids is 2. The number of aliphatic imine (C=N–C) groups is 1. The van der Waals surface area contributed by atoms with Gasteiger partial charge in [0.25, 0.3) is 11.8 Å².